The van der Waals surface area contributed by atoms with Crippen molar-refractivity contribution < 1.29 is 26.7 Å². The van der Waals surface area contributed by atoms with Crippen molar-refractivity contribution in [1.29, 1.82) is 0 Å². The highest BCUT2D eigenvalue weighted by molar-refractivity contribution is 7.99. The molecule has 2 saturated heterocycles. The van der Waals surface area contributed by atoms with Crippen LogP contribution in [0.25, 0.3) is 22.0 Å². The Morgan fingerprint density at radius 2 is 1.79 bits per heavy atom. The third-order valence-electron chi connectivity index (χ3n) is 8.57. The summed E-state index contributed by atoms with van der Waals surface area (Å²) in [5, 5.41) is 0.118. The predicted octanol–water partition coefficient (Wildman–Crippen LogP) is 5.15. The zero-order valence-electron chi connectivity index (χ0n) is 23.6. The molecule has 2 aromatic carbocycles. The number of halogens is 5. The van der Waals surface area contributed by atoms with Crippen LogP contribution in [-0.2, 0) is 17.5 Å². The molecule has 1 amide bonds. The molecule has 3 aliphatic heterocycles. The summed E-state index contributed by atoms with van der Waals surface area (Å²) in [4.78, 5) is 36.3. The number of aromatic nitrogens is 2. The predicted molar refractivity (Wildman–Crippen MR) is 155 cm³/mol. The Morgan fingerprint density at radius 1 is 1.09 bits per heavy atom. The van der Waals surface area contributed by atoms with Gasteiger partial charge in [0, 0.05) is 71.0 Å². The molecule has 43 heavy (non-hydrogen) atoms. The van der Waals surface area contributed by atoms with Gasteiger partial charge in [-0.05, 0) is 57.6 Å². The minimum Gasteiger partial charge on any atom is -0.352 e. The first-order valence-corrected chi connectivity index (χ1v) is 15.1. The van der Waals surface area contributed by atoms with E-state index in [1.807, 2.05) is 13.8 Å². The number of carbonyl (C=O) groups excluding carboxylic acids is 1. The van der Waals surface area contributed by atoms with Crippen molar-refractivity contribution in [2.24, 2.45) is 0 Å². The summed E-state index contributed by atoms with van der Waals surface area (Å²) in [6, 6.07) is 2.61. The van der Waals surface area contributed by atoms with Crippen LogP contribution < -0.4 is 10.6 Å². The quantitative estimate of drug-likeness (QED) is 0.298. The summed E-state index contributed by atoms with van der Waals surface area (Å²) in [6.07, 6.45) is -2.70. The van der Waals surface area contributed by atoms with Crippen LogP contribution in [0.5, 0.6) is 0 Å². The van der Waals surface area contributed by atoms with Gasteiger partial charge in [0.15, 0.2) is 0 Å². The summed E-state index contributed by atoms with van der Waals surface area (Å²) in [7, 11) is 0. The fourth-order valence-corrected chi connectivity index (χ4v) is 7.93. The van der Waals surface area contributed by atoms with E-state index >= 15 is 4.39 Å². The molecule has 3 aliphatic rings. The van der Waals surface area contributed by atoms with Crippen molar-refractivity contribution in [2.45, 2.75) is 56.0 Å². The Hall–Kier alpha value is -3.45. The molecular formula is C30H30F5N5O2S. The highest BCUT2D eigenvalue weighted by atomic mass is 32.2. The minimum absolute atomic E-state index is 0.0848. The van der Waals surface area contributed by atoms with E-state index in [0.29, 0.717) is 11.8 Å². The van der Waals surface area contributed by atoms with Crippen LogP contribution in [0.4, 0.5) is 27.8 Å². The molecule has 4 heterocycles. The van der Waals surface area contributed by atoms with E-state index in [4.69, 9.17) is 0 Å². The van der Waals surface area contributed by atoms with Crippen LogP contribution in [0.2, 0.25) is 0 Å². The topological polar surface area (TPSA) is 61.7 Å². The van der Waals surface area contributed by atoms with E-state index in [1.54, 1.807) is 9.80 Å². The Kier molecular flexibility index (Phi) is 7.52. The molecule has 6 rings (SSSR count). The molecular weight excluding hydrogens is 589 g/mol. The number of hydrogen-bond donors (Lipinski definition) is 0. The van der Waals surface area contributed by atoms with E-state index in [-0.39, 0.29) is 65.3 Å². The molecule has 0 bridgehead atoms. The fourth-order valence-electron chi connectivity index (χ4n) is 6.53. The summed E-state index contributed by atoms with van der Waals surface area (Å²) in [6.45, 7) is 9.48. The second kappa shape index (κ2) is 10.9. The van der Waals surface area contributed by atoms with Gasteiger partial charge in [0.2, 0.25) is 5.91 Å². The summed E-state index contributed by atoms with van der Waals surface area (Å²) >= 11 is 1.15. The summed E-state index contributed by atoms with van der Waals surface area (Å²) in [5.74, 6) is -1.84. The van der Waals surface area contributed by atoms with Crippen molar-refractivity contribution in [3.05, 3.63) is 64.6 Å². The van der Waals surface area contributed by atoms with Crippen LogP contribution >= 0.6 is 11.8 Å². The molecule has 1 unspecified atom stereocenters. The number of carbonyl (C=O) groups is 1. The van der Waals surface area contributed by atoms with Crippen molar-refractivity contribution in [2.75, 3.05) is 36.8 Å². The van der Waals surface area contributed by atoms with Crippen LogP contribution in [0.15, 0.2) is 46.6 Å². The molecule has 3 atom stereocenters. The molecule has 0 N–H and O–H groups in total. The maximum atomic E-state index is 15.2. The largest absolute Gasteiger partial charge is 0.417 e. The van der Waals surface area contributed by atoms with E-state index in [2.05, 4.69) is 16.5 Å². The number of alkyl halides is 3. The van der Waals surface area contributed by atoms with E-state index in [9.17, 15) is 27.2 Å². The van der Waals surface area contributed by atoms with Crippen LogP contribution in [0, 0.1) is 11.6 Å². The van der Waals surface area contributed by atoms with Gasteiger partial charge in [-0.3, -0.25) is 14.3 Å². The first kappa shape index (κ1) is 29.6. The van der Waals surface area contributed by atoms with Crippen LogP contribution in [0.3, 0.4) is 0 Å². The number of hydrogen-bond acceptors (Lipinski definition) is 6. The van der Waals surface area contributed by atoms with Crippen LogP contribution in [-0.4, -0.2) is 75.3 Å². The molecule has 228 valence electrons. The van der Waals surface area contributed by atoms with E-state index < -0.39 is 40.2 Å². The Labute approximate surface area is 249 Å². The monoisotopic (exact) mass is 619 g/mol. The van der Waals surface area contributed by atoms with E-state index in [0.717, 1.165) is 49.5 Å². The summed E-state index contributed by atoms with van der Waals surface area (Å²) < 4.78 is 75.1. The molecule has 0 spiro atoms. The number of amides is 1. The second-order valence-electron chi connectivity index (χ2n) is 11.4. The SMILES string of the molecule is C=CC(=O)N1[C@H](C)CN(c2nc(=O)n3c4c(c(-c5ccc(F)cc5F)c(C(F)(F)F)cc24)SCC(N2CCC2)C3)C[C@@H]1C. The number of anilines is 1. The lowest BCUT2D eigenvalue weighted by molar-refractivity contribution is -0.137. The average Bonchev–Trinajstić information content (AvgIpc) is 3.10. The zero-order chi connectivity index (χ0) is 30.8. The van der Waals surface area contributed by atoms with Crippen molar-refractivity contribution in [1.82, 2.24) is 19.4 Å². The average molecular weight is 620 g/mol. The lowest BCUT2D eigenvalue weighted by atomic mass is 9.95. The Balaban J connectivity index is 1.63. The fraction of sp³-hybridized carbons (Fsp3) is 0.433. The number of thioether (sulfide) groups is 1. The van der Waals surface area contributed by atoms with Gasteiger partial charge in [-0.25, -0.2) is 13.6 Å². The van der Waals surface area contributed by atoms with Gasteiger partial charge in [-0.15, -0.1) is 11.8 Å². The molecule has 0 radical (unpaired) electrons. The van der Waals surface area contributed by atoms with Crippen molar-refractivity contribution in [3.8, 4) is 11.1 Å². The van der Waals surface area contributed by atoms with Gasteiger partial charge in [0.1, 0.15) is 17.5 Å². The smallest absolute Gasteiger partial charge is 0.352 e. The molecule has 0 aliphatic carbocycles. The van der Waals surface area contributed by atoms with Gasteiger partial charge in [0.25, 0.3) is 0 Å². The number of likely N-dealkylation sites (tertiary alicyclic amines) is 1. The Bertz CT molecular complexity index is 1680. The first-order valence-electron chi connectivity index (χ1n) is 14.1. The number of rotatable bonds is 4. The van der Waals surface area contributed by atoms with Crippen LogP contribution in [0.1, 0.15) is 25.8 Å². The van der Waals surface area contributed by atoms with Crippen molar-refractivity contribution in [3.63, 3.8) is 0 Å². The lowest BCUT2D eigenvalue weighted by Gasteiger charge is -2.44. The van der Waals surface area contributed by atoms with Gasteiger partial charge in [-0.2, -0.15) is 18.2 Å². The lowest BCUT2D eigenvalue weighted by Crippen LogP contribution is -2.58. The number of piperazine rings is 1. The maximum Gasteiger partial charge on any atom is 0.417 e. The highest BCUT2D eigenvalue weighted by Gasteiger charge is 2.41. The van der Waals surface area contributed by atoms with Crippen molar-refractivity contribution >= 4 is 34.4 Å². The normalized spacial score (nSPS) is 22.8. The summed E-state index contributed by atoms with van der Waals surface area (Å²) in [5.41, 5.74) is -2.27. The molecule has 7 nitrogen and oxygen atoms in total. The zero-order valence-corrected chi connectivity index (χ0v) is 24.4. The van der Waals surface area contributed by atoms with Gasteiger partial charge in [0.05, 0.1) is 11.1 Å². The van der Waals surface area contributed by atoms with Gasteiger partial charge < -0.3 is 9.80 Å². The molecule has 2 fully saturated rings. The maximum absolute atomic E-state index is 15.2. The van der Waals surface area contributed by atoms with E-state index in [1.165, 1.54) is 10.6 Å². The minimum atomic E-state index is -4.90. The molecule has 3 aromatic rings. The van der Waals surface area contributed by atoms with Gasteiger partial charge >= 0.3 is 11.9 Å². The molecule has 13 heteroatoms. The first-order chi connectivity index (χ1) is 20.4. The third-order valence-corrected chi connectivity index (χ3v) is 9.81. The standard InChI is InChI=1S/C30H30F5N5O2S/c1-4-24(41)40-16(2)12-38(13-17(40)3)28-21-11-22(30(33,34)35)25(20-7-6-18(31)10-23(20)32)27-26(21)39(29(42)36-28)14-19(15-43-27)37-8-5-9-37/h4,6-7,10-11,16-17,19H,1,5,8-9,12-15H2,2-3H3/t16-,17+,19?. The molecule has 0 saturated carbocycles. The number of nitrogens with zero attached hydrogens (tertiary/aromatic N) is 5. The third kappa shape index (κ3) is 5.09. The molecule has 1 aromatic heterocycles. The second-order valence-corrected chi connectivity index (χ2v) is 12.4. The Morgan fingerprint density at radius 3 is 2.37 bits per heavy atom. The van der Waals surface area contributed by atoms with Gasteiger partial charge in [-0.1, -0.05) is 6.58 Å². The number of benzene rings is 2. The highest BCUT2D eigenvalue weighted by Crippen LogP contribution is 2.49.